The molecule has 1 aromatic heterocycles. The lowest BCUT2D eigenvalue weighted by Crippen LogP contribution is -2.22. The molecule has 1 aromatic carbocycles. The zero-order chi connectivity index (χ0) is 14.7. The highest BCUT2D eigenvalue weighted by Gasteiger charge is 2.17. The van der Waals surface area contributed by atoms with E-state index >= 15 is 0 Å². The van der Waals surface area contributed by atoms with Crippen molar-refractivity contribution in [1.29, 1.82) is 0 Å². The van der Waals surface area contributed by atoms with E-state index in [1.807, 2.05) is 0 Å². The maximum atomic E-state index is 13.7. The van der Waals surface area contributed by atoms with Gasteiger partial charge in [0.1, 0.15) is 5.52 Å². The highest BCUT2D eigenvalue weighted by molar-refractivity contribution is 9.10. The summed E-state index contributed by atoms with van der Waals surface area (Å²) in [7, 11) is 0. The van der Waals surface area contributed by atoms with E-state index in [1.54, 1.807) is 6.07 Å². The molecule has 108 valence electrons. The number of anilines is 1. The normalized spacial score (nSPS) is 12.6. The Morgan fingerprint density at radius 3 is 3.05 bits per heavy atom. The molecule has 0 saturated heterocycles. The number of unbranched alkanes of at least 4 members (excludes halogenated alkanes) is 1. The molecular weight excluding hydrogens is 367 g/mol. The Kier molecular flexibility index (Phi) is 5.35. The SMILES string of the molecule is CCCCC(Br)C(=O)Nc1nc2c(F)cc(Cl)cc2s1. The molecule has 0 bridgehead atoms. The smallest absolute Gasteiger partial charge is 0.239 e. The summed E-state index contributed by atoms with van der Waals surface area (Å²) in [6.45, 7) is 2.07. The number of benzene rings is 1. The van der Waals surface area contributed by atoms with Gasteiger partial charge in [-0.15, -0.1) is 0 Å². The van der Waals surface area contributed by atoms with Crippen molar-refractivity contribution in [2.75, 3.05) is 5.32 Å². The van der Waals surface area contributed by atoms with Crippen LogP contribution in [0.5, 0.6) is 0 Å². The molecule has 0 aliphatic heterocycles. The van der Waals surface area contributed by atoms with E-state index in [4.69, 9.17) is 11.6 Å². The summed E-state index contributed by atoms with van der Waals surface area (Å²) >= 11 is 10.3. The van der Waals surface area contributed by atoms with Gasteiger partial charge >= 0.3 is 0 Å². The fourth-order valence-corrected chi connectivity index (χ4v) is 3.34. The van der Waals surface area contributed by atoms with Gasteiger partial charge in [0.25, 0.3) is 0 Å². The lowest BCUT2D eigenvalue weighted by atomic mass is 10.2. The van der Waals surface area contributed by atoms with Crippen LogP contribution in [0.15, 0.2) is 12.1 Å². The van der Waals surface area contributed by atoms with Crippen LogP contribution in [-0.2, 0) is 4.79 Å². The molecule has 0 aliphatic rings. The number of amides is 1. The number of rotatable bonds is 5. The van der Waals surface area contributed by atoms with E-state index in [2.05, 4.69) is 33.2 Å². The van der Waals surface area contributed by atoms with Gasteiger partial charge in [-0.2, -0.15) is 0 Å². The van der Waals surface area contributed by atoms with Crippen LogP contribution in [0.25, 0.3) is 10.2 Å². The molecule has 0 fully saturated rings. The molecule has 0 spiro atoms. The van der Waals surface area contributed by atoms with Crippen LogP contribution in [0.2, 0.25) is 5.02 Å². The first kappa shape index (κ1) is 15.7. The molecule has 0 aliphatic carbocycles. The molecule has 1 heterocycles. The average Bonchev–Trinajstić information content (AvgIpc) is 2.78. The van der Waals surface area contributed by atoms with Gasteiger partial charge in [-0.3, -0.25) is 4.79 Å². The Morgan fingerprint density at radius 2 is 2.35 bits per heavy atom. The molecule has 2 rings (SSSR count). The summed E-state index contributed by atoms with van der Waals surface area (Å²) in [5, 5.41) is 3.40. The Balaban J connectivity index is 2.14. The second-order valence-corrected chi connectivity index (χ2v) is 6.92. The Labute approximate surface area is 133 Å². The summed E-state index contributed by atoms with van der Waals surface area (Å²) < 4.78 is 14.3. The quantitative estimate of drug-likeness (QED) is 0.744. The lowest BCUT2D eigenvalue weighted by Gasteiger charge is -2.07. The number of hydrogen-bond donors (Lipinski definition) is 1. The van der Waals surface area contributed by atoms with Crippen LogP contribution in [0.3, 0.4) is 0 Å². The molecule has 20 heavy (non-hydrogen) atoms. The monoisotopic (exact) mass is 378 g/mol. The second-order valence-electron chi connectivity index (χ2n) is 4.35. The summed E-state index contributed by atoms with van der Waals surface area (Å²) in [5.41, 5.74) is 0.231. The van der Waals surface area contributed by atoms with Crippen molar-refractivity contribution in [2.24, 2.45) is 0 Å². The predicted octanol–water partition coefficient (Wildman–Crippen LogP) is 4.98. The third-order valence-corrected chi connectivity index (χ3v) is 4.75. The minimum Gasteiger partial charge on any atom is -0.301 e. The molecule has 1 N–H and O–H groups in total. The zero-order valence-corrected chi connectivity index (χ0v) is 13.9. The maximum Gasteiger partial charge on any atom is 0.239 e. The van der Waals surface area contributed by atoms with Crippen molar-refractivity contribution in [3.63, 3.8) is 0 Å². The number of carbonyl (C=O) groups excluding carboxylic acids is 1. The second kappa shape index (κ2) is 6.83. The standard InChI is InChI=1S/C13H13BrClFN2OS/c1-2-3-4-8(14)12(19)18-13-17-11-9(16)5-7(15)6-10(11)20-13/h5-6,8H,2-4H2,1H3,(H,17,18,19). The molecule has 3 nitrogen and oxygen atoms in total. The minimum absolute atomic E-state index is 0.163. The minimum atomic E-state index is -0.481. The molecule has 2 aromatic rings. The molecule has 1 atom stereocenters. The Hall–Kier alpha value is -0.720. The number of aromatic nitrogens is 1. The Bertz CT molecular complexity index is 634. The van der Waals surface area contributed by atoms with Gasteiger partial charge in [-0.05, 0) is 18.6 Å². The summed E-state index contributed by atoms with van der Waals surface area (Å²) in [6, 6.07) is 2.85. The Morgan fingerprint density at radius 1 is 1.60 bits per heavy atom. The highest BCUT2D eigenvalue weighted by atomic mass is 79.9. The van der Waals surface area contributed by atoms with Crippen molar-refractivity contribution in [1.82, 2.24) is 4.98 Å². The largest absolute Gasteiger partial charge is 0.301 e. The van der Waals surface area contributed by atoms with Gasteiger partial charge in [0.2, 0.25) is 5.91 Å². The first-order chi connectivity index (χ1) is 9.51. The van der Waals surface area contributed by atoms with Crippen LogP contribution in [0.4, 0.5) is 9.52 Å². The lowest BCUT2D eigenvalue weighted by molar-refractivity contribution is -0.115. The number of halogens is 3. The van der Waals surface area contributed by atoms with Gasteiger partial charge in [0.05, 0.1) is 9.53 Å². The van der Waals surface area contributed by atoms with E-state index in [1.165, 1.54) is 17.4 Å². The summed E-state index contributed by atoms with van der Waals surface area (Å²) in [6.07, 6.45) is 2.75. The van der Waals surface area contributed by atoms with E-state index in [9.17, 15) is 9.18 Å². The first-order valence-corrected chi connectivity index (χ1v) is 8.32. The number of fused-ring (bicyclic) bond motifs is 1. The van der Waals surface area contributed by atoms with Crippen molar-refractivity contribution in [3.8, 4) is 0 Å². The third-order valence-electron chi connectivity index (χ3n) is 2.74. The first-order valence-electron chi connectivity index (χ1n) is 6.21. The molecule has 7 heteroatoms. The fraction of sp³-hybridized carbons (Fsp3) is 0.385. The molecule has 1 unspecified atom stereocenters. The van der Waals surface area contributed by atoms with Crippen molar-refractivity contribution in [3.05, 3.63) is 23.0 Å². The van der Waals surface area contributed by atoms with E-state index in [-0.39, 0.29) is 16.3 Å². The van der Waals surface area contributed by atoms with Crippen LogP contribution >= 0.6 is 38.9 Å². The molecule has 0 saturated carbocycles. The molecular formula is C13H13BrClFN2OS. The predicted molar refractivity (Wildman–Crippen MR) is 85.5 cm³/mol. The van der Waals surface area contributed by atoms with Crippen LogP contribution in [-0.4, -0.2) is 15.7 Å². The van der Waals surface area contributed by atoms with Gasteiger partial charge in [-0.1, -0.05) is 58.6 Å². The highest BCUT2D eigenvalue weighted by Crippen LogP contribution is 2.30. The van der Waals surface area contributed by atoms with Crippen LogP contribution in [0.1, 0.15) is 26.2 Å². The molecule has 1 amide bonds. The fourth-order valence-electron chi connectivity index (χ4n) is 1.71. The number of nitrogens with zero attached hydrogens (tertiary/aromatic N) is 1. The van der Waals surface area contributed by atoms with E-state index in [0.717, 1.165) is 19.3 Å². The molecule has 0 radical (unpaired) electrons. The number of hydrogen-bond acceptors (Lipinski definition) is 3. The zero-order valence-electron chi connectivity index (χ0n) is 10.8. The topological polar surface area (TPSA) is 42.0 Å². The van der Waals surface area contributed by atoms with Crippen molar-refractivity contribution in [2.45, 2.75) is 31.0 Å². The van der Waals surface area contributed by atoms with Gasteiger partial charge < -0.3 is 5.32 Å². The number of alkyl halides is 1. The van der Waals surface area contributed by atoms with Gasteiger partial charge in [0.15, 0.2) is 10.9 Å². The maximum absolute atomic E-state index is 13.7. The summed E-state index contributed by atoms with van der Waals surface area (Å²) in [4.78, 5) is 15.8. The third kappa shape index (κ3) is 3.68. The summed E-state index contributed by atoms with van der Waals surface area (Å²) in [5.74, 6) is -0.644. The van der Waals surface area contributed by atoms with Crippen LogP contribution < -0.4 is 5.32 Å². The van der Waals surface area contributed by atoms with E-state index < -0.39 is 5.82 Å². The number of nitrogens with one attached hydrogen (secondary N) is 1. The van der Waals surface area contributed by atoms with E-state index in [0.29, 0.717) is 14.9 Å². The average molecular weight is 380 g/mol. The van der Waals surface area contributed by atoms with Crippen LogP contribution in [0, 0.1) is 5.82 Å². The van der Waals surface area contributed by atoms with Crippen molar-refractivity contribution < 1.29 is 9.18 Å². The number of carbonyl (C=O) groups is 1. The van der Waals surface area contributed by atoms with Gasteiger partial charge in [0, 0.05) is 5.02 Å². The van der Waals surface area contributed by atoms with Gasteiger partial charge in [-0.25, -0.2) is 9.37 Å². The van der Waals surface area contributed by atoms with Crippen molar-refractivity contribution >= 4 is 60.1 Å². The number of thiazole rings is 1.